The minimum atomic E-state index is -1.03. The summed E-state index contributed by atoms with van der Waals surface area (Å²) in [6, 6.07) is 15.3. The highest BCUT2D eigenvalue weighted by molar-refractivity contribution is 7.20. The fourth-order valence-electron chi connectivity index (χ4n) is 3.34. The summed E-state index contributed by atoms with van der Waals surface area (Å²) < 4.78 is 7.19. The number of nitrogens with two attached hydrogens (primary N) is 1. The lowest BCUT2D eigenvalue weighted by molar-refractivity contribution is -0.123. The number of thiophene rings is 1. The number of halogens is 1. The van der Waals surface area contributed by atoms with Crippen LogP contribution in [0.25, 0.3) is 10.2 Å². The van der Waals surface area contributed by atoms with Crippen LogP contribution in [0.4, 0.5) is 5.69 Å². The Balaban J connectivity index is 1.45. The molecule has 8 nitrogen and oxygen atoms in total. The first-order valence-corrected chi connectivity index (χ1v) is 11.5. The summed E-state index contributed by atoms with van der Waals surface area (Å²) in [6.45, 7) is 3.82. The van der Waals surface area contributed by atoms with E-state index in [2.05, 4.69) is 10.4 Å². The fraction of sp³-hybridized carbons (Fsp3) is 0.167. The summed E-state index contributed by atoms with van der Waals surface area (Å²) in [5.41, 5.74) is 7.69. The molecule has 3 N–H and O–H groups in total. The van der Waals surface area contributed by atoms with Gasteiger partial charge in [-0.15, -0.1) is 11.3 Å². The molecule has 0 fully saturated rings. The molecule has 0 radical (unpaired) electrons. The molecule has 0 aliphatic heterocycles. The van der Waals surface area contributed by atoms with Gasteiger partial charge in [0, 0.05) is 21.7 Å². The largest absolute Gasteiger partial charge is 0.448 e. The molecule has 0 spiro atoms. The molecule has 4 aromatic rings. The fourth-order valence-corrected chi connectivity index (χ4v) is 4.58. The Morgan fingerprint density at radius 1 is 1.18 bits per heavy atom. The van der Waals surface area contributed by atoms with E-state index in [1.165, 1.54) is 30.4 Å². The number of aryl methyl sites for hydroxylation is 1. The molecule has 4 rings (SSSR count). The predicted molar refractivity (Wildman–Crippen MR) is 131 cm³/mol. The first kappa shape index (κ1) is 23.5. The maximum atomic E-state index is 12.7. The lowest BCUT2D eigenvalue weighted by Crippen LogP contribution is -2.29. The Bertz CT molecular complexity index is 1390. The number of nitrogens with zero attached hydrogens (tertiary/aromatic N) is 2. The van der Waals surface area contributed by atoms with Crippen LogP contribution in [0.15, 0.2) is 54.6 Å². The second kappa shape index (κ2) is 9.66. The molecule has 34 heavy (non-hydrogen) atoms. The molecule has 0 saturated carbocycles. The van der Waals surface area contributed by atoms with Gasteiger partial charge in [0.15, 0.2) is 6.10 Å². The van der Waals surface area contributed by atoms with Crippen molar-refractivity contribution in [3.05, 3.63) is 81.3 Å². The SMILES string of the molecule is Cc1nn(Cc2ccccc2Cl)c2sc(C(=O)OC(C)C(=O)Nc3ccc(C(N)=O)cc3)cc12. The number of nitrogens with one attached hydrogen (secondary N) is 1. The van der Waals surface area contributed by atoms with Crippen LogP contribution in [0.3, 0.4) is 0 Å². The molecule has 1 unspecified atom stereocenters. The lowest BCUT2D eigenvalue weighted by atomic mass is 10.2. The number of aromatic nitrogens is 2. The van der Waals surface area contributed by atoms with Crippen molar-refractivity contribution >= 4 is 56.6 Å². The second-order valence-corrected chi connectivity index (χ2v) is 9.08. The van der Waals surface area contributed by atoms with Crippen molar-refractivity contribution in [2.24, 2.45) is 5.73 Å². The van der Waals surface area contributed by atoms with Gasteiger partial charge in [-0.25, -0.2) is 4.79 Å². The van der Waals surface area contributed by atoms with Gasteiger partial charge in [-0.2, -0.15) is 5.10 Å². The van der Waals surface area contributed by atoms with Gasteiger partial charge in [-0.1, -0.05) is 29.8 Å². The van der Waals surface area contributed by atoms with E-state index in [1.54, 1.807) is 22.9 Å². The normalized spacial score (nSPS) is 11.9. The maximum absolute atomic E-state index is 12.7. The lowest BCUT2D eigenvalue weighted by Gasteiger charge is -2.13. The van der Waals surface area contributed by atoms with E-state index < -0.39 is 23.9 Å². The van der Waals surface area contributed by atoms with E-state index in [9.17, 15) is 14.4 Å². The highest BCUT2D eigenvalue weighted by Gasteiger charge is 2.23. The molecule has 1 atom stereocenters. The molecule has 0 bridgehead atoms. The van der Waals surface area contributed by atoms with Gasteiger partial charge in [0.1, 0.15) is 9.71 Å². The molecule has 2 amide bonds. The number of ether oxygens (including phenoxy) is 1. The van der Waals surface area contributed by atoms with Crippen molar-refractivity contribution in [2.75, 3.05) is 5.32 Å². The summed E-state index contributed by atoms with van der Waals surface area (Å²) in [6.07, 6.45) is -1.03. The van der Waals surface area contributed by atoms with E-state index in [0.29, 0.717) is 27.7 Å². The minimum absolute atomic E-state index is 0.325. The third kappa shape index (κ3) is 4.95. The zero-order chi connectivity index (χ0) is 24.4. The summed E-state index contributed by atoms with van der Waals surface area (Å²) >= 11 is 7.53. The van der Waals surface area contributed by atoms with Gasteiger partial charge in [0.05, 0.1) is 12.2 Å². The molecule has 174 valence electrons. The van der Waals surface area contributed by atoms with Crippen molar-refractivity contribution in [1.82, 2.24) is 9.78 Å². The predicted octanol–water partition coefficient (Wildman–Crippen LogP) is 4.39. The molecule has 0 aliphatic rings. The van der Waals surface area contributed by atoms with Crippen LogP contribution in [0, 0.1) is 6.92 Å². The number of carbonyl (C=O) groups excluding carboxylic acids is 3. The molecular formula is C24H21ClN4O4S. The van der Waals surface area contributed by atoms with Crippen molar-refractivity contribution in [1.29, 1.82) is 0 Å². The monoisotopic (exact) mass is 496 g/mol. The average Bonchev–Trinajstić information content (AvgIpc) is 3.37. The van der Waals surface area contributed by atoms with Gasteiger partial charge in [0.2, 0.25) is 5.91 Å². The smallest absolute Gasteiger partial charge is 0.349 e. The number of fused-ring (bicyclic) bond motifs is 1. The topological polar surface area (TPSA) is 116 Å². The number of anilines is 1. The Morgan fingerprint density at radius 2 is 1.88 bits per heavy atom. The third-order valence-electron chi connectivity index (χ3n) is 5.18. The maximum Gasteiger partial charge on any atom is 0.349 e. The van der Waals surface area contributed by atoms with Gasteiger partial charge >= 0.3 is 5.97 Å². The molecule has 2 aromatic heterocycles. The number of rotatable bonds is 7. The summed E-state index contributed by atoms with van der Waals surface area (Å²) in [5, 5.41) is 8.69. The number of esters is 1. The van der Waals surface area contributed by atoms with Crippen molar-refractivity contribution in [3.8, 4) is 0 Å². The summed E-state index contributed by atoms with van der Waals surface area (Å²) in [4.78, 5) is 37.5. The number of carbonyl (C=O) groups is 3. The van der Waals surface area contributed by atoms with E-state index in [1.807, 2.05) is 31.2 Å². The second-order valence-electron chi connectivity index (χ2n) is 7.64. The molecule has 0 saturated heterocycles. The van der Waals surface area contributed by atoms with Gasteiger partial charge in [0.25, 0.3) is 5.91 Å². The Kier molecular flexibility index (Phi) is 6.67. The Morgan fingerprint density at radius 3 is 2.56 bits per heavy atom. The van der Waals surface area contributed by atoms with Crippen molar-refractivity contribution < 1.29 is 19.1 Å². The standard InChI is InChI=1S/C24H21ClN4O4S/c1-13-18-11-20(34-23(18)29(28-13)12-16-5-3-4-6-19(16)25)24(32)33-14(2)22(31)27-17-9-7-15(8-10-17)21(26)30/h3-11,14H,12H2,1-2H3,(H2,26,30)(H,27,31). The first-order chi connectivity index (χ1) is 16.2. The van der Waals surface area contributed by atoms with E-state index in [4.69, 9.17) is 22.1 Å². The Hall–Kier alpha value is -3.69. The zero-order valence-corrected chi connectivity index (χ0v) is 19.9. The Labute approximate surface area is 204 Å². The molecule has 2 aromatic carbocycles. The zero-order valence-electron chi connectivity index (χ0n) is 18.4. The van der Waals surface area contributed by atoms with Crippen molar-refractivity contribution in [2.45, 2.75) is 26.5 Å². The summed E-state index contributed by atoms with van der Waals surface area (Å²) in [7, 11) is 0. The highest BCUT2D eigenvalue weighted by Crippen LogP contribution is 2.30. The van der Waals surface area contributed by atoms with Gasteiger partial charge in [-0.3, -0.25) is 14.3 Å². The van der Waals surface area contributed by atoms with Crippen LogP contribution in [0.5, 0.6) is 0 Å². The van der Waals surface area contributed by atoms with Crippen LogP contribution in [0.1, 0.15) is 38.2 Å². The van der Waals surface area contributed by atoms with Gasteiger partial charge in [-0.05, 0) is 55.8 Å². The van der Waals surface area contributed by atoms with Crippen LogP contribution in [-0.4, -0.2) is 33.7 Å². The van der Waals surface area contributed by atoms with E-state index >= 15 is 0 Å². The average molecular weight is 497 g/mol. The first-order valence-electron chi connectivity index (χ1n) is 10.3. The van der Waals surface area contributed by atoms with Crippen LogP contribution in [0.2, 0.25) is 5.02 Å². The van der Waals surface area contributed by atoms with Crippen LogP contribution < -0.4 is 11.1 Å². The van der Waals surface area contributed by atoms with E-state index in [0.717, 1.165) is 21.5 Å². The van der Waals surface area contributed by atoms with E-state index in [-0.39, 0.29) is 0 Å². The third-order valence-corrected chi connectivity index (χ3v) is 6.67. The minimum Gasteiger partial charge on any atom is -0.448 e. The molecular weight excluding hydrogens is 476 g/mol. The number of hydrogen-bond acceptors (Lipinski definition) is 6. The highest BCUT2D eigenvalue weighted by atomic mass is 35.5. The molecule has 10 heteroatoms. The number of amides is 2. The van der Waals surface area contributed by atoms with Gasteiger partial charge < -0.3 is 15.8 Å². The number of hydrogen-bond donors (Lipinski definition) is 2. The quantitative estimate of drug-likeness (QED) is 0.368. The van der Waals surface area contributed by atoms with Crippen molar-refractivity contribution in [3.63, 3.8) is 0 Å². The van der Waals surface area contributed by atoms with Crippen LogP contribution >= 0.6 is 22.9 Å². The van der Waals surface area contributed by atoms with Crippen LogP contribution in [-0.2, 0) is 16.1 Å². The number of benzene rings is 2. The summed E-state index contributed by atoms with van der Waals surface area (Å²) in [5.74, 6) is -1.66. The molecule has 0 aliphatic carbocycles. The molecule has 2 heterocycles. The number of primary amides is 1.